The number of hydrogen-bond acceptors (Lipinski definition) is 3. The van der Waals surface area contributed by atoms with E-state index in [1.807, 2.05) is 49.4 Å². The molecule has 1 aliphatic carbocycles. The molecule has 0 radical (unpaired) electrons. The van der Waals surface area contributed by atoms with E-state index in [1.165, 1.54) is 19.0 Å². The highest BCUT2D eigenvalue weighted by molar-refractivity contribution is 9.10. The first kappa shape index (κ1) is 20.3. The fourth-order valence-corrected chi connectivity index (χ4v) is 3.58. The van der Waals surface area contributed by atoms with Crippen molar-refractivity contribution in [3.8, 4) is 11.1 Å². The number of pyridine rings is 1. The maximum Gasteiger partial charge on any atom is 0.257 e. The Hall–Kier alpha value is -2.99. The largest absolute Gasteiger partial charge is 0.352 e. The van der Waals surface area contributed by atoms with Gasteiger partial charge in [-0.15, -0.1) is 0 Å². The summed E-state index contributed by atoms with van der Waals surface area (Å²) in [6, 6.07) is 15.1. The van der Waals surface area contributed by atoms with Gasteiger partial charge in [0.15, 0.2) is 0 Å². The first-order valence-electron chi connectivity index (χ1n) is 9.91. The van der Waals surface area contributed by atoms with Gasteiger partial charge in [0, 0.05) is 34.7 Å². The molecule has 0 bridgehead atoms. The lowest BCUT2D eigenvalue weighted by Crippen LogP contribution is -2.25. The lowest BCUT2D eigenvalue weighted by molar-refractivity contribution is 0.0951. The molecule has 2 aromatic carbocycles. The monoisotopic (exact) mass is 463 g/mol. The Bertz CT molecular complexity index is 1090. The SMILES string of the molecule is Cc1ccc(NC(=O)c2cncc(Br)c2)cc1-c1ccc(C(=O)NCC2CC2)cc1. The van der Waals surface area contributed by atoms with Crippen LogP contribution in [0.1, 0.15) is 39.1 Å². The zero-order valence-corrected chi connectivity index (χ0v) is 18.2. The van der Waals surface area contributed by atoms with Gasteiger partial charge in [0.25, 0.3) is 11.8 Å². The molecule has 2 amide bonds. The summed E-state index contributed by atoms with van der Waals surface area (Å²) in [5.41, 5.74) is 4.92. The maximum atomic E-state index is 12.5. The van der Waals surface area contributed by atoms with Gasteiger partial charge in [-0.1, -0.05) is 18.2 Å². The molecule has 0 saturated heterocycles. The van der Waals surface area contributed by atoms with E-state index < -0.39 is 0 Å². The van der Waals surface area contributed by atoms with Crippen molar-refractivity contribution < 1.29 is 9.59 Å². The highest BCUT2D eigenvalue weighted by Crippen LogP contribution is 2.29. The highest BCUT2D eigenvalue weighted by atomic mass is 79.9. The van der Waals surface area contributed by atoms with Crippen molar-refractivity contribution in [2.24, 2.45) is 5.92 Å². The Labute approximate surface area is 184 Å². The van der Waals surface area contributed by atoms with Crippen LogP contribution in [0.15, 0.2) is 65.4 Å². The van der Waals surface area contributed by atoms with Crippen LogP contribution in [0.25, 0.3) is 11.1 Å². The van der Waals surface area contributed by atoms with Crippen LogP contribution in [0.3, 0.4) is 0 Å². The van der Waals surface area contributed by atoms with Crippen LogP contribution in [0, 0.1) is 12.8 Å². The number of aromatic nitrogens is 1. The van der Waals surface area contributed by atoms with E-state index in [4.69, 9.17) is 0 Å². The number of hydrogen-bond donors (Lipinski definition) is 2. The van der Waals surface area contributed by atoms with Gasteiger partial charge in [0.2, 0.25) is 0 Å². The van der Waals surface area contributed by atoms with E-state index in [0.717, 1.165) is 27.7 Å². The summed E-state index contributed by atoms with van der Waals surface area (Å²) in [7, 11) is 0. The molecule has 1 saturated carbocycles. The minimum Gasteiger partial charge on any atom is -0.352 e. The molecule has 0 aliphatic heterocycles. The topological polar surface area (TPSA) is 71.1 Å². The van der Waals surface area contributed by atoms with Crippen LogP contribution in [-0.2, 0) is 0 Å². The predicted octanol–water partition coefficient (Wildman–Crippen LogP) is 5.21. The van der Waals surface area contributed by atoms with Gasteiger partial charge >= 0.3 is 0 Å². The van der Waals surface area contributed by atoms with Crippen molar-refractivity contribution in [3.05, 3.63) is 82.1 Å². The third kappa shape index (κ3) is 4.94. The van der Waals surface area contributed by atoms with Crippen molar-refractivity contribution in [1.29, 1.82) is 0 Å². The Kier molecular flexibility index (Phi) is 5.95. The first-order valence-corrected chi connectivity index (χ1v) is 10.7. The molecule has 3 aromatic rings. The van der Waals surface area contributed by atoms with Crippen molar-refractivity contribution >= 4 is 33.4 Å². The van der Waals surface area contributed by atoms with Gasteiger partial charge in [-0.2, -0.15) is 0 Å². The van der Waals surface area contributed by atoms with Crippen LogP contribution < -0.4 is 10.6 Å². The van der Waals surface area contributed by atoms with Crippen LogP contribution in [0.5, 0.6) is 0 Å². The number of rotatable bonds is 6. The van der Waals surface area contributed by atoms with E-state index in [-0.39, 0.29) is 11.8 Å². The molecule has 152 valence electrons. The number of aryl methyl sites for hydroxylation is 1. The molecule has 4 rings (SSSR count). The van der Waals surface area contributed by atoms with E-state index in [1.54, 1.807) is 12.3 Å². The smallest absolute Gasteiger partial charge is 0.257 e. The second-order valence-corrected chi connectivity index (χ2v) is 8.52. The molecule has 0 unspecified atom stereocenters. The molecule has 0 atom stereocenters. The molecule has 2 N–H and O–H groups in total. The van der Waals surface area contributed by atoms with E-state index in [2.05, 4.69) is 31.5 Å². The van der Waals surface area contributed by atoms with Gasteiger partial charge in [0.05, 0.1) is 5.56 Å². The molecular weight excluding hydrogens is 442 g/mol. The minimum atomic E-state index is -0.221. The summed E-state index contributed by atoms with van der Waals surface area (Å²) in [5, 5.41) is 5.91. The number of carbonyl (C=O) groups is 2. The van der Waals surface area contributed by atoms with Crippen molar-refractivity contribution in [2.75, 3.05) is 11.9 Å². The molecule has 1 fully saturated rings. The predicted molar refractivity (Wildman–Crippen MR) is 122 cm³/mol. The molecule has 1 aromatic heterocycles. The number of nitrogens with zero attached hydrogens (tertiary/aromatic N) is 1. The summed E-state index contributed by atoms with van der Waals surface area (Å²) in [6.45, 7) is 2.78. The number of anilines is 1. The van der Waals surface area contributed by atoms with E-state index in [0.29, 0.717) is 22.7 Å². The van der Waals surface area contributed by atoms with Crippen molar-refractivity contribution in [2.45, 2.75) is 19.8 Å². The Balaban J connectivity index is 1.49. The number of nitrogens with one attached hydrogen (secondary N) is 2. The number of benzene rings is 2. The summed E-state index contributed by atoms with van der Waals surface area (Å²) in [6.07, 6.45) is 5.59. The average Bonchev–Trinajstić information content (AvgIpc) is 3.58. The molecule has 1 heterocycles. The molecule has 6 heteroatoms. The second kappa shape index (κ2) is 8.79. The van der Waals surface area contributed by atoms with Crippen LogP contribution >= 0.6 is 15.9 Å². The number of halogens is 1. The van der Waals surface area contributed by atoms with Crippen LogP contribution in [0.4, 0.5) is 5.69 Å². The molecule has 5 nitrogen and oxygen atoms in total. The molecular formula is C24H22BrN3O2. The third-order valence-electron chi connectivity index (χ3n) is 5.17. The van der Waals surface area contributed by atoms with Gasteiger partial charge in [-0.3, -0.25) is 14.6 Å². The minimum absolute atomic E-state index is 0.0335. The quantitative estimate of drug-likeness (QED) is 0.526. The van der Waals surface area contributed by atoms with Crippen molar-refractivity contribution in [3.63, 3.8) is 0 Å². The number of carbonyl (C=O) groups excluding carboxylic acids is 2. The second-order valence-electron chi connectivity index (χ2n) is 7.61. The molecule has 1 aliphatic rings. The molecule has 30 heavy (non-hydrogen) atoms. The summed E-state index contributed by atoms with van der Waals surface area (Å²) in [4.78, 5) is 28.8. The van der Waals surface area contributed by atoms with E-state index >= 15 is 0 Å². The normalized spacial score (nSPS) is 13.0. The van der Waals surface area contributed by atoms with Gasteiger partial charge in [-0.25, -0.2) is 0 Å². The highest BCUT2D eigenvalue weighted by Gasteiger charge is 2.21. The average molecular weight is 464 g/mol. The van der Waals surface area contributed by atoms with Gasteiger partial charge in [-0.05, 0) is 88.6 Å². The number of amides is 2. The summed E-state index contributed by atoms with van der Waals surface area (Å²) < 4.78 is 0.751. The Morgan fingerprint density at radius 3 is 2.47 bits per heavy atom. The zero-order valence-electron chi connectivity index (χ0n) is 16.6. The standard InChI is InChI=1S/C24H22BrN3O2/c1-15-2-9-21(28-24(30)19-10-20(25)14-26-13-19)11-22(15)17-5-7-18(8-6-17)23(29)27-12-16-3-4-16/h2,5-11,13-14,16H,3-4,12H2,1H3,(H,27,29)(H,28,30). The molecule has 0 spiro atoms. The van der Waals surface area contributed by atoms with Crippen LogP contribution in [-0.4, -0.2) is 23.3 Å². The first-order chi connectivity index (χ1) is 14.5. The Morgan fingerprint density at radius 1 is 1.00 bits per heavy atom. The zero-order chi connectivity index (χ0) is 21.1. The Morgan fingerprint density at radius 2 is 1.77 bits per heavy atom. The lowest BCUT2D eigenvalue weighted by atomic mass is 9.98. The lowest BCUT2D eigenvalue weighted by Gasteiger charge is -2.11. The van der Waals surface area contributed by atoms with Crippen LogP contribution in [0.2, 0.25) is 0 Å². The fraction of sp³-hybridized carbons (Fsp3) is 0.208. The fourth-order valence-electron chi connectivity index (χ4n) is 3.21. The summed E-state index contributed by atoms with van der Waals surface area (Å²) in [5.74, 6) is 0.400. The van der Waals surface area contributed by atoms with E-state index in [9.17, 15) is 9.59 Å². The van der Waals surface area contributed by atoms with Crippen molar-refractivity contribution in [1.82, 2.24) is 10.3 Å². The third-order valence-corrected chi connectivity index (χ3v) is 5.60. The van der Waals surface area contributed by atoms with Gasteiger partial charge < -0.3 is 10.6 Å². The summed E-state index contributed by atoms with van der Waals surface area (Å²) >= 11 is 3.33. The van der Waals surface area contributed by atoms with Gasteiger partial charge in [0.1, 0.15) is 0 Å². The maximum absolute atomic E-state index is 12.5.